The fourth-order valence-electron chi connectivity index (χ4n) is 2.46. The van der Waals surface area contributed by atoms with Crippen LogP contribution in [0.5, 0.6) is 0 Å². The lowest BCUT2D eigenvalue weighted by atomic mass is 9.97. The van der Waals surface area contributed by atoms with Crippen LogP contribution in [0.4, 0.5) is 0 Å². The average Bonchev–Trinajstić information content (AvgIpc) is 2.93. The molecule has 0 bridgehead atoms. The van der Waals surface area contributed by atoms with Crippen LogP contribution in [0.3, 0.4) is 0 Å². The van der Waals surface area contributed by atoms with Crippen molar-refractivity contribution in [1.82, 2.24) is 5.32 Å². The van der Waals surface area contributed by atoms with E-state index in [0.717, 1.165) is 23.9 Å². The molecule has 1 aromatic carbocycles. The minimum atomic E-state index is 0.449. The molecule has 1 aromatic heterocycles. The first-order valence-corrected chi connectivity index (χ1v) is 8.89. The van der Waals surface area contributed by atoms with Crippen molar-refractivity contribution >= 4 is 27.3 Å². The maximum atomic E-state index is 3.70. The summed E-state index contributed by atoms with van der Waals surface area (Å²) in [5, 5.41) is 5.86. The lowest BCUT2D eigenvalue weighted by Gasteiger charge is -2.21. The number of hydrogen-bond donors (Lipinski definition) is 1. The average molecular weight is 352 g/mol. The van der Waals surface area contributed by atoms with Gasteiger partial charge in [0.1, 0.15) is 0 Å². The van der Waals surface area contributed by atoms with Crippen LogP contribution in [0, 0.1) is 6.92 Å². The van der Waals surface area contributed by atoms with Gasteiger partial charge in [-0.15, -0.1) is 11.3 Å². The Kier molecular flexibility index (Phi) is 6.27. The van der Waals surface area contributed by atoms with Gasteiger partial charge >= 0.3 is 0 Å². The Morgan fingerprint density at radius 1 is 1.30 bits per heavy atom. The number of nitrogens with one attached hydrogen (secondary N) is 1. The van der Waals surface area contributed by atoms with Crippen LogP contribution >= 0.6 is 27.3 Å². The van der Waals surface area contributed by atoms with Crippen LogP contribution in [-0.4, -0.2) is 6.54 Å². The van der Waals surface area contributed by atoms with Gasteiger partial charge in [-0.3, -0.25) is 0 Å². The molecule has 1 nitrogen and oxygen atoms in total. The minimum absolute atomic E-state index is 0.449. The molecule has 20 heavy (non-hydrogen) atoms. The molecule has 0 aliphatic rings. The zero-order valence-corrected chi connectivity index (χ0v) is 14.6. The molecule has 0 spiro atoms. The van der Waals surface area contributed by atoms with Crippen molar-refractivity contribution in [3.8, 4) is 0 Å². The normalized spacial score (nSPS) is 12.6. The van der Waals surface area contributed by atoms with E-state index >= 15 is 0 Å². The van der Waals surface area contributed by atoms with Crippen molar-refractivity contribution in [2.24, 2.45) is 0 Å². The van der Waals surface area contributed by atoms with Crippen LogP contribution in [0.2, 0.25) is 0 Å². The third-order valence-corrected chi connectivity index (χ3v) is 4.94. The van der Waals surface area contributed by atoms with Crippen molar-refractivity contribution in [3.63, 3.8) is 0 Å². The molecular weight excluding hydrogens is 330 g/mol. The fourth-order valence-corrected chi connectivity index (χ4v) is 3.66. The quantitative estimate of drug-likeness (QED) is 0.694. The van der Waals surface area contributed by atoms with Crippen molar-refractivity contribution in [3.05, 3.63) is 56.2 Å². The largest absolute Gasteiger partial charge is 0.310 e. The van der Waals surface area contributed by atoms with Gasteiger partial charge in [-0.05, 0) is 67.4 Å². The highest BCUT2D eigenvalue weighted by atomic mass is 79.9. The van der Waals surface area contributed by atoms with Crippen LogP contribution in [-0.2, 0) is 6.42 Å². The van der Waals surface area contributed by atoms with E-state index in [1.54, 1.807) is 0 Å². The zero-order chi connectivity index (χ0) is 14.4. The van der Waals surface area contributed by atoms with Crippen molar-refractivity contribution in [2.75, 3.05) is 6.54 Å². The van der Waals surface area contributed by atoms with E-state index in [-0.39, 0.29) is 0 Å². The molecule has 0 aliphatic heterocycles. The summed E-state index contributed by atoms with van der Waals surface area (Å²) >= 11 is 5.41. The number of rotatable bonds is 7. The Labute approximate surface area is 134 Å². The maximum absolute atomic E-state index is 3.70. The molecule has 0 fully saturated rings. The van der Waals surface area contributed by atoms with Gasteiger partial charge in [0.05, 0.1) is 0 Å². The SMILES string of the molecule is CCCNC(CCc1cccs1)c1ccc(Br)cc1C. The number of benzene rings is 1. The second kappa shape index (κ2) is 7.96. The standard InChI is InChI=1S/C17H22BrNS/c1-3-10-19-17(9-7-15-5-4-11-20-15)16-8-6-14(18)12-13(16)2/h4-6,8,11-12,17,19H,3,7,9-10H2,1-2H3. The molecule has 0 saturated heterocycles. The molecule has 1 heterocycles. The summed E-state index contributed by atoms with van der Waals surface area (Å²) in [6, 6.07) is 11.4. The van der Waals surface area contributed by atoms with Gasteiger partial charge in [-0.1, -0.05) is 35.0 Å². The van der Waals surface area contributed by atoms with E-state index < -0.39 is 0 Å². The van der Waals surface area contributed by atoms with Crippen LogP contribution in [0.1, 0.15) is 41.8 Å². The summed E-state index contributed by atoms with van der Waals surface area (Å²) < 4.78 is 1.16. The predicted molar refractivity (Wildman–Crippen MR) is 92.6 cm³/mol. The highest BCUT2D eigenvalue weighted by Gasteiger charge is 2.13. The highest BCUT2D eigenvalue weighted by molar-refractivity contribution is 9.10. The molecule has 1 atom stereocenters. The highest BCUT2D eigenvalue weighted by Crippen LogP contribution is 2.26. The van der Waals surface area contributed by atoms with Crippen LogP contribution in [0.25, 0.3) is 0 Å². The van der Waals surface area contributed by atoms with Gasteiger partial charge in [0.2, 0.25) is 0 Å². The van der Waals surface area contributed by atoms with E-state index in [1.807, 2.05) is 11.3 Å². The van der Waals surface area contributed by atoms with E-state index in [0.29, 0.717) is 6.04 Å². The van der Waals surface area contributed by atoms with Gasteiger partial charge < -0.3 is 5.32 Å². The molecule has 1 N–H and O–H groups in total. The van der Waals surface area contributed by atoms with Crippen LogP contribution in [0.15, 0.2) is 40.2 Å². The molecule has 2 rings (SSSR count). The summed E-state index contributed by atoms with van der Waals surface area (Å²) in [5.74, 6) is 0. The van der Waals surface area contributed by atoms with Gasteiger partial charge in [0.25, 0.3) is 0 Å². The first kappa shape index (κ1) is 15.7. The second-order valence-corrected chi connectivity index (χ2v) is 7.07. The topological polar surface area (TPSA) is 12.0 Å². The van der Waals surface area contributed by atoms with Crippen molar-refractivity contribution < 1.29 is 0 Å². The first-order valence-electron chi connectivity index (χ1n) is 7.22. The Hall–Kier alpha value is -0.640. The van der Waals surface area contributed by atoms with Crippen LogP contribution < -0.4 is 5.32 Å². The third kappa shape index (κ3) is 4.44. The smallest absolute Gasteiger partial charge is 0.0326 e. The minimum Gasteiger partial charge on any atom is -0.310 e. The second-order valence-electron chi connectivity index (χ2n) is 5.13. The Balaban J connectivity index is 2.09. The number of hydrogen-bond acceptors (Lipinski definition) is 2. The molecule has 108 valence electrons. The molecule has 2 aromatic rings. The molecule has 1 unspecified atom stereocenters. The third-order valence-electron chi connectivity index (χ3n) is 3.51. The molecule has 0 aliphatic carbocycles. The van der Waals surface area contributed by atoms with Crippen molar-refractivity contribution in [2.45, 2.75) is 39.2 Å². The van der Waals surface area contributed by atoms with Gasteiger partial charge in [0, 0.05) is 15.4 Å². The summed E-state index contributed by atoms with van der Waals surface area (Å²) in [5.41, 5.74) is 2.79. The van der Waals surface area contributed by atoms with Crippen molar-refractivity contribution in [1.29, 1.82) is 0 Å². The zero-order valence-electron chi connectivity index (χ0n) is 12.2. The molecule has 0 radical (unpaired) electrons. The Bertz CT molecular complexity index is 522. The lowest BCUT2D eigenvalue weighted by Crippen LogP contribution is -2.23. The maximum Gasteiger partial charge on any atom is 0.0326 e. The number of aryl methyl sites for hydroxylation is 2. The number of halogens is 1. The van der Waals surface area contributed by atoms with E-state index in [1.165, 1.54) is 22.4 Å². The Morgan fingerprint density at radius 2 is 2.15 bits per heavy atom. The fraction of sp³-hybridized carbons (Fsp3) is 0.412. The van der Waals surface area contributed by atoms with E-state index in [4.69, 9.17) is 0 Å². The van der Waals surface area contributed by atoms with Gasteiger partial charge in [0.15, 0.2) is 0 Å². The Morgan fingerprint density at radius 3 is 2.80 bits per heavy atom. The van der Waals surface area contributed by atoms with E-state index in [9.17, 15) is 0 Å². The summed E-state index contributed by atoms with van der Waals surface area (Å²) in [6.45, 7) is 5.49. The summed E-state index contributed by atoms with van der Waals surface area (Å²) in [6.07, 6.45) is 3.47. The predicted octanol–water partition coefficient (Wildman–Crippen LogP) is 5.49. The van der Waals surface area contributed by atoms with Gasteiger partial charge in [-0.2, -0.15) is 0 Å². The first-order chi connectivity index (χ1) is 9.70. The van der Waals surface area contributed by atoms with Gasteiger partial charge in [-0.25, -0.2) is 0 Å². The number of thiophene rings is 1. The molecule has 3 heteroatoms. The lowest BCUT2D eigenvalue weighted by molar-refractivity contribution is 0.499. The monoisotopic (exact) mass is 351 g/mol. The molecule has 0 saturated carbocycles. The molecule has 0 amide bonds. The summed E-state index contributed by atoms with van der Waals surface area (Å²) in [4.78, 5) is 1.48. The van der Waals surface area contributed by atoms with E-state index in [2.05, 4.69) is 70.8 Å². The molecular formula is C17H22BrNS. The summed E-state index contributed by atoms with van der Waals surface area (Å²) in [7, 11) is 0.